The van der Waals surface area contributed by atoms with Crippen molar-refractivity contribution in [3.05, 3.63) is 36.0 Å². The predicted octanol–water partition coefficient (Wildman–Crippen LogP) is 3.62. The van der Waals surface area contributed by atoms with Crippen LogP contribution in [0, 0.1) is 5.41 Å². The van der Waals surface area contributed by atoms with Crippen molar-refractivity contribution in [1.82, 2.24) is 4.98 Å². The summed E-state index contributed by atoms with van der Waals surface area (Å²) in [6, 6.07) is 7.87. The first-order valence-corrected chi connectivity index (χ1v) is 7.64. The van der Waals surface area contributed by atoms with Gasteiger partial charge in [0.2, 0.25) is 0 Å². The Balaban J connectivity index is 2.01. The van der Waals surface area contributed by atoms with E-state index in [1.807, 2.05) is 24.3 Å². The number of benzene rings is 1. The second-order valence-corrected chi connectivity index (χ2v) is 5.66. The van der Waals surface area contributed by atoms with Crippen LogP contribution in [0.4, 0.5) is 0 Å². The summed E-state index contributed by atoms with van der Waals surface area (Å²) < 4.78 is 6.28. The van der Waals surface area contributed by atoms with Crippen LogP contribution in [0.2, 0.25) is 0 Å². The third-order valence-corrected chi connectivity index (χ3v) is 4.10. The van der Waals surface area contributed by atoms with E-state index in [4.69, 9.17) is 15.9 Å². The van der Waals surface area contributed by atoms with Gasteiger partial charge in [-0.25, -0.2) is 0 Å². The molecule has 0 saturated heterocycles. The summed E-state index contributed by atoms with van der Waals surface area (Å²) in [5, 5.41) is 8.71. The summed E-state index contributed by atoms with van der Waals surface area (Å²) >= 11 is 0. The molecular weight excluding hydrogens is 262 g/mol. The number of para-hydroxylation sites is 1. The fraction of sp³-hybridized carbons (Fsp3) is 0.412. The van der Waals surface area contributed by atoms with Gasteiger partial charge in [-0.3, -0.25) is 10.4 Å². The summed E-state index contributed by atoms with van der Waals surface area (Å²) in [5.74, 6) is 0.733. The lowest BCUT2D eigenvalue weighted by molar-refractivity contribution is 0.186. The largest absolute Gasteiger partial charge is 0.489 e. The lowest BCUT2D eigenvalue weighted by atomic mass is 10.1. The average Bonchev–Trinajstić information content (AvgIpc) is 2.76. The molecular formula is C17H21N3O. The molecule has 0 unspecified atom stereocenters. The molecule has 1 fully saturated rings. The van der Waals surface area contributed by atoms with E-state index in [0.29, 0.717) is 5.56 Å². The number of hydrogen-bond acceptors (Lipinski definition) is 3. The average molecular weight is 283 g/mol. The van der Waals surface area contributed by atoms with E-state index in [1.165, 1.54) is 25.7 Å². The van der Waals surface area contributed by atoms with E-state index in [0.717, 1.165) is 29.5 Å². The number of fused-ring (bicyclic) bond motifs is 1. The van der Waals surface area contributed by atoms with E-state index < -0.39 is 0 Å². The van der Waals surface area contributed by atoms with E-state index in [9.17, 15) is 0 Å². The number of pyridine rings is 1. The number of nitrogen functional groups attached to an aromatic ring is 1. The van der Waals surface area contributed by atoms with E-state index in [1.54, 1.807) is 6.20 Å². The van der Waals surface area contributed by atoms with Gasteiger partial charge in [-0.15, -0.1) is 0 Å². The molecule has 4 nitrogen and oxygen atoms in total. The second-order valence-electron chi connectivity index (χ2n) is 5.66. The van der Waals surface area contributed by atoms with Crippen molar-refractivity contribution < 1.29 is 4.74 Å². The smallest absolute Gasteiger partial charge is 0.141 e. The summed E-state index contributed by atoms with van der Waals surface area (Å²) in [5.41, 5.74) is 7.18. The summed E-state index contributed by atoms with van der Waals surface area (Å²) in [4.78, 5) is 4.37. The van der Waals surface area contributed by atoms with E-state index in [-0.39, 0.29) is 11.9 Å². The molecule has 1 aliphatic rings. The van der Waals surface area contributed by atoms with Gasteiger partial charge >= 0.3 is 0 Å². The monoisotopic (exact) mass is 283 g/mol. The van der Waals surface area contributed by atoms with Gasteiger partial charge in [-0.1, -0.05) is 25.0 Å². The highest BCUT2D eigenvalue weighted by atomic mass is 16.5. The number of ether oxygens (including phenoxy) is 1. The number of hydrogen-bond donors (Lipinski definition) is 2. The molecule has 1 aliphatic carbocycles. The van der Waals surface area contributed by atoms with E-state index in [2.05, 4.69) is 4.98 Å². The van der Waals surface area contributed by atoms with Crippen LogP contribution in [-0.2, 0) is 0 Å². The van der Waals surface area contributed by atoms with Gasteiger partial charge < -0.3 is 10.5 Å². The van der Waals surface area contributed by atoms with Crippen LogP contribution in [0.15, 0.2) is 30.5 Å². The number of nitrogens with zero attached hydrogens (tertiary/aromatic N) is 1. The SMILES string of the molecule is N=C(N)c1cnc2ccccc2c1OC1CCCCCC1. The van der Waals surface area contributed by atoms with Crippen molar-refractivity contribution in [3.63, 3.8) is 0 Å². The Morgan fingerprint density at radius 2 is 1.86 bits per heavy atom. The van der Waals surface area contributed by atoms with Crippen LogP contribution in [0.25, 0.3) is 10.9 Å². The Labute approximate surface area is 124 Å². The maximum Gasteiger partial charge on any atom is 0.141 e. The molecule has 0 radical (unpaired) electrons. The van der Waals surface area contributed by atoms with Crippen LogP contribution < -0.4 is 10.5 Å². The van der Waals surface area contributed by atoms with Gasteiger partial charge in [0.15, 0.2) is 0 Å². The van der Waals surface area contributed by atoms with Crippen LogP contribution >= 0.6 is 0 Å². The Morgan fingerprint density at radius 3 is 2.57 bits per heavy atom. The van der Waals surface area contributed by atoms with Crippen molar-refractivity contribution in [3.8, 4) is 5.75 Å². The molecule has 0 amide bonds. The highest BCUT2D eigenvalue weighted by Crippen LogP contribution is 2.31. The molecule has 1 aromatic heterocycles. The number of aromatic nitrogens is 1. The van der Waals surface area contributed by atoms with Crippen molar-refractivity contribution in [2.24, 2.45) is 5.73 Å². The van der Waals surface area contributed by atoms with Gasteiger partial charge in [-0.2, -0.15) is 0 Å². The Morgan fingerprint density at radius 1 is 1.14 bits per heavy atom. The molecule has 0 aliphatic heterocycles. The van der Waals surface area contributed by atoms with Crippen molar-refractivity contribution >= 4 is 16.7 Å². The normalized spacial score (nSPS) is 16.6. The number of nitrogens with one attached hydrogen (secondary N) is 1. The molecule has 0 bridgehead atoms. The molecule has 110 valence electrons. The number of nitrogens with two attached hydrogens (primary N) is 1. The van der Waals surface area contributed by atoms with Gasteiger partial charge in [-0.05, 0) is 37.8 Å². The second kappa shape index (κ2) is 6.12. The Bertz CT molecular complexity index is 646. The van der Waals surface area contributed by atoms with Gasteiger partial charge in [0.1, 0.15) is 11.6 Å². The van der Waals surface area contributed by atoms with Crippen LogP contribution in [0.3, 0.4) is 0 Å². The first kappa shape index (κ1) is 13.9. The van der Waals surface area contributed by atoms with Crippen LogP contribution in [0.5, 0.6) is 5.75 Å². The van der Waals surface area contributed by atoms with Crippen molar-refractivity contribution in [2.45, 2.75) is 44.6 Å². The fourth-order valence-corrected chi connectivity index (χ4v) is 2.96. The first-order chi connectivity index (χ1) is 10.3. The molecule has 3 rings (SSSR count). The Hall–Kier alpha value is -2.10. The van der Waals surface area contributed by atoms with Gasteiger partial charge in [0.25, 0.3) is 0 Å². The minimum Gasteiger partial charge on any atom is -0.489 e. The molecule has 0 atom stereocenters. The van der Waals surface area contributed by atoms with Crippen LogP contribution in [-0.4, -0.2) is 16.9 Å². The quantitative estimate of drug-likeness (QED) is 0.513. The zero-order valence-electron chi connectivity index (χ0n) is 12.1. The molecule has 2 aromatic rings. The summed E-state index contributed by atoms with van der Waals surface area (Å²) in [6.45, 7) is 0. The minimum absolute atomic E-state index is 0.0110. The molecule has 1 saturated carbocycles. The Kier molecular flexibility index (Phi) is 4.04. The summed E-state index contributed by atoms with van der Waals surface area (Å²) in [6.07, 6.45) is 9.02. The molecule has 1 aromatic carbocycles. The first-order valence-electron chi connectivity index (χ1n) is 7.64. The predicted molar refractivity (Wildman–Crippen MR) is 84.9 cm³/mol. The standard InChI is InChI=1S/C17H21N3O/c18-17(19)14-11-20-15-10-6-5-9-13(15)16(14)21-12-7-3-1-2-4-8-12/h5-6,9-12H,1-4,7-8H2,(H3,18,19). The zero-order valence-corrected chi connectivity index (χ0v) is 12.1. The number of rotatable bonds is 3. The fourth-order valence-electron chi connectivity index (χ4n) is 2.96. The minimum atomic E-state index is 0.0110. The van der Waals surface area contributed by atoms with Crippen molar-refractivity contribution in [2.75, 3.05) is 0 Å². The highest BCUT2D eigenvalue weighted by Gasteiger charge is 2.19. The summed E-state index contributed by atoms with van der Waals surface area (Å²) in [7, 11) is 0. The van der Waals surface area contributed by atoms with Gasteiger partial charge in [0, 0.05) is 11.6 Å². The molecule has 3 N–H and O–H groups in total. The maximum absolute atomic E-state index is 7.77. The van der Waals surface area contributed by atoms with Crippen molar-refractivity contribution in [1.29, 1.82) is 5.41 Å². The topological polar surface area (TPSA) is 72.0 Å². The number of amidine groups is 1. The lowest BCUT2D eigenvalue weighted by Gasteiger charge is -2.20. The third-order valence-electron chi connectivity index (χ3n) is 4.10. The molecule has 4 heteroatoms. The maximum atomic E-state index is 7.77. The van der Waals surface area contributed by atoms with E-state index >= 15 is 0 Å². The molecule has 21 heavy (non-hydrogen) atoms. The van der Waals surface area contributed by atoms with Gasteiger partial charge in [0.05, 0.1) is 17.2 Å². The lowest BCUT2D eigenvalue weighted by Crippen LogP contribution is -2.20. The zero-order chi connectivity index (χ0) is 14.7. The molecule has 1 heterocycles. The van der Waals surface area contributed by atoms with Crippen LogP contribution in [0.1, 0.15) is 44.1 Å². The molecule has 0 spiro atoms. The third kappa shape index (κ3) is 2.99. The highest BCUT2D eigenvalue weighted by molar-refractivity contribution is 6.02.